The van der Waals surface area contributed by atoms with Crippen LogP contribution in [0.4, 0.5) is 0 Å². The predicted molar refractivity (Wildman–Crippen MR) is 91.8 cm³/mol. The Bertz CT molecular complexity index is 711. The quantitative estimate of drug-likeness (QED) is 0.482. The Balaban J connectivity index is 2.17. The Kier molecular flexibility index (Phi) is 3.90. The smallest absolute Gasteiger partial charge is 0.125 e. The lowest BCUT2D eigenvalue weighted by atomic mass is 10.1. The number of halogens is 2. The molecule has 0 amide bonds. The van der Waals surface area contributed by atoms with Crippen LogP contribution < -0.4 is 0 Å². The monoisotopic (exact) mass is 430 g/mol. The van der Waals surface area contributed by atoms with Gasteiger partial charge in [-0.3, -0.25) is 0 Å². The van der Waals surface area contributed by atoms with Gasteiger partial charge >= 0.3 is 0 Å². The van der Waals surface area contributed by atoms with E-state index in [-0.39, 0.29) is 11.5 Å². The van der Waals surface area contributed by atoms with Crippen molar-refractivity contribution in [1.29, 1.82) is 0 Å². The summed E-state index contributed by atoms with van der Waals surface area (Å²) in [5, 5.41) is 24.4. The van der Waals surface area contributed by atoms with E-state index in [1.54, 1.807) is 12.1 Å². The van der Waals surface area contributed by atoms with Crippen LogP contribution >= 0.6 is 54.5 Å². The Morgan fingerprint density at radius 2 is 1.15 bits per heavy atom. The number of rotatable bonds is 2. The molecule has 0 radical (unpaired) electrons. The second kappa shape index (κ2) is 5.52. The molecule has 6 heteroatoms. The predicted octanol–water partition coefficient (Wildman–Crippen LogP) is 6.08. The number of thiophene rings is 2. The topological polar surface area (TPSA) is 40.5 Å². The van der Waals surface area contributed by atoms with Gasteiger partial charge in [0.1, 0.15) is 11.5 Å². The normalized spacial score (nSPS) is 10.9. The van der Waals surface area contributed by atoms with Crippen molar-refractivity contribution in [3.8, 4) is 32.4 Å². The van der Waals surface area contributed by atoms with E-state index in [4.69, 9.17) is 0 Å². The molecule has 2 N–H and O–H groups in total. The first-order chi connectivity index (χ1) is 9.58. The summed E-state index contributed by atoms with van der Waals surface area (Å²) in [6.45, 7) is 0. The molecule has 0 unspecified atom stereocenters. The van der Waals surface area contributed by atoms with Gasteiger partial charge in [-0.05, 0) is 66.9 Å². The maximum atomic E-state index is 10.3. The molecule has 102 valence electrons. The van der Waals surface area contributed by atoms with Gasteiger partial charge in [0, 0.05) is 20.1 Å². The molecule has 0 aliphatic carbocycles. The average molecular weight is 432 g/mol. The molecule has 3 rings (SSSR count). The van der Waals surface area contributed by atoms with Crippen LogP contribution in [0.15, 0.2) is 44.0 Å². The molecule has 20 heavy (non-hydrogen) atoms. The van der Waals surface area contributed by atoms with E-state index in [9.17, 15) is 10.2 Å². The van der Waals surface area contributed by atoms with Crippen LogP contribution in [0.1, 0.15) is 0 Å². The Hall–Kier alpha value is -0.820. The van der Waals surface area contributed by atoms with Crippen molar-refractivity contribution in [3.05, 3.63) is 44.0 Å². The lowest BCUT2D eigenvalue weighted by Crippen LogP contribution is -1.81. The first-order valence-electron chi connectivity index (χ1n) is 5.60. The summed E-state index contributed by atoms with van der Waals surface area (Å²) in [5.74, 6) is 0.308. The lowest BCUT2D eigenvalue weighted by Gasteiger charge is -2.09. The Morgan fingerprint density at radius 1 is 0.750 bits per heavy atom. The number of benzene rings is 1. The summed E-state index contributed by atoms with van der Waals surface area (Å²) < 4.78 is 1.81. The number of aromatic hydroxyl groups is 2. The molecule has 2 nitrogen and oxygen atoms in total. The summed E-state index contributed by atoms with van der Waals surface area (Å²) in [6.07, 6.45) is 0. The number of hydrogen-bond donors (Lipinski definition) is 2. The summed E-state index contributed by atoms with van der Waals surface area (Å²) >= 11 is 9.90. The van der Waals surface area contributed by atoms with Gasteiger partial charge in [0.05, 0.1) is 9.75 Å². The molecular formula is C14H8Br2O2S2. The van der Waals surface area contributed by atoms with Crippen LogP contribution in [0.5, 0.6) is 11.5 Å². The van der Waals surface area contributed by atoms with E-state index in [0.717, 1.165) is 18.7 Å². The first-order valence-corrected chi connectivity index (χ1v) is 8.95. The van der Waals surface area contributed by atoms with Gasteiger partial charge in [0.25, 0.3) is 0 Å². The first kappa shape index (κ1) is 14.1. The second-order valence-electron chi connectivity index (χ2n) is 4.08. The molecule has 0 aliphatic rings. The second-order valence-corrected chi connectivity index (χ2v) is 7.62. The molecule has 3 aromatic rings. The molecule has 0 spiro atoms. The van der Waals surface area contributed by atoms with Gasteiger partial charge in [0.2, 0.25) is 0 Å². The Morgan fingerprint density at radius 3 is 1.45 bits per heavy atom. The lowest BCUT2D eigenvalue weighted by molar-refractivity contribution is 0.464. The van der Waals surface area contributed by atoms with Crippen molar-refractivity contribution < 1.29 is 10.2 Å². The maximum Gasteiger partial charge on any atom is 0.125 e. The largest absolute Gasteiger partial charge is 0.507 e. The fourth-order valence-electron chi connectivity index (χ4n) is 1.91. The van der Waals surface area contributed by atoms with Crippen molar-refractivity contribution in [1.82, 2.24) is 0 Å². The zero-order valence-electron chi connectivity index (χ0n) is 9.93. The van der Waals surface area contributed by atoms with Gasteiger partial charge in [-0.2, -0.15) is 0 Å². The standard InChI is InChI=1S/C14H8Br2O2S2/c15-9-1-3-19-13(9)7-5-12(18)8(6-11(7)17)14-10(16)2-4-20-14/h1-6,17-18H. The number of hydrogen-bond acceptors (Lipinski definition) is 4. The molecule has 0 bridgehead atoms. The van der Waals surface area contributed by atoms with Crippen molar-refractivity contribution in [2.24, 2.45) is 0 Å². The van der Waals surface area contributed by atoms with Gasteiger partial charge in [0.15, 0.2) is 0 Å². The molecule has 2 aromatic heterocycles. The van der Waals surface area contributed by atoms with E-state index >= 15 is 0 Å². The van der Waals surface area contributed by atoms with Crippen LogP contribution in [0.3, 0.4) is 0 Å². The molecule has 0 atom stereocenters. The van der Waals surface area contributed by atoms with Gasteiger partial charge in [-0.15, -0.1) is 22.7 Å². The van der Waals surface area contributed by atoms with E-state index in [0.29, 0.717) is 11.1 Å². The summed E-state index contributed by atoms with van der Waals surface area (Å²) in [7, 11) is 0. The zero-order chi connectivity index (χ0) is 14.3. The highest BCUT2D eigenvalue weighted by Crippen LogP contribution is 2.46. The third-order valence-electron chi connectivity index (χ3n) is 2.84. The van der Waals surface area contributed by atoms with E-state index in [1.807, 2.05) is 22.9 Å². The minimum absolute atomic E-state index is 0.154. The maximum absolute atomic E-state index is 10.3. The van der Waals surface area contributed by atoms with Crippen LogP contribution in [0.25, 0.3) is 20.9 Å². The fraction of sp³-hybridized carbons (Fsp3) is 0. The minimum atomic E-state index is 0.154. The van der Waals surface area contributed by atoms with Crippen molar-refractivity contribution in [3.63, 3.8) is 0 Å². The minimum Gasteiger partial charge on any atom is -0.507 e. The summed E-state index contributed by atoms with van der Waals surface area (Å²) in [4.78, 5) is 1.80. The molecule has 0 saturated carbocycles. The van der Waals surface area contributed by atoms with Gasteiger partial charge < -0.3 is 10.2 Å². The molecular weight excluding hydrogens is 424 g/mol. The van der Waals surface area contributed by atoms with Crippen LogP contribution in [-0.4, -0.2) is 10.2 Å². The molecule has 1 aromatic carbocycles. The van der Waals surface area contributed by atoms with Crippen LogP contribution in [0.2, 0.25) is 0 Å². The highest BCUT2D eigenvalue weighted by atomic mass is 79.9. The highest BCUT2D eigenvalue weighted by molar-refractivity contribution is 9.11. The highest BCUT2D eigenvalue weighted by Gasteiger charge is 2.16. The van der Waals surface area contributed by atoms with Crippen molar-refractivity contribution >= 4 is 54.5 Å². The van der Waals surface area contributed by atoms with Gasteiger partial charge in [-0.25, -0.2) is 0 Å². The average Bonchev–Trinajstić information content (AvgIpc) is 3.01. The number of phenolic OH excluding ortho intramolecular Hbond substituents is 2. The molecule has 2 heterocycles. The SMILES string of the molecule is Oc1cc(-c2sccc2Br)c(O)cc1-c1sccc1Br. The van der Waals surface area contributed by atoms with E-state index in [2.05, 4.69) is 31.9 Å². The zero-order valence-corrected chi connectivity index (χ0v) is 14.7. The third-order valence-corrected chi connectivity index (χ3v) is 6.58. The van der Waals surface area contributed by atoms with Crippen molar-refractivity contribution in [2.75, 3.05) is 0 Å². The van der Waals surface area contributed by atoms with Crippen LogP contribution in [-0.2, 0) is 0 Å². The van der Waals surface area contributed by atoms with Crippen LogP contribution in [0, 0.1) is 0 Å². The third kappa shape index (κ3) is 2.41. The van der Waals surface area contributed by atoms with E-state index < -0.39 is 0 Å². The van der Waals surface area contributed by atoms with Gasteiger partial charge in [-0.1, -0.05) is 0 Å². The van der Waals surface area contributed by atoms with E-state index in [1.165, 1.54) is 22.7 Å². The summed E-state index contributed by atoms with van der Waals surface area (Å²) in [5.41, 5.74) is 1.25. The molecule has 0 fully saturated rings. The van der Waals surface area contributed by atoms with Crippen molar-refractivity contribution in [2.45, 2.75) is 0 Å². The fourth-order valence-corrected chi connectivity index (χ4v) is 5.14. The summed E-state index contributed by atoms with van der Waals surface area (Å²) in [6, 6.07) is 7.04. The Labute approximate surface area is 140 Å². The number of phenols is 2. The molecule has 0 aliphatic heterocycles. The molecule has 0 saturated heterocycles.